The van der Waals surface area contributed by atoms with Crippen molar-refractivity contribution in [1.29, 1.82) is 0 Å². The van der Waals surface area contributed by atoms with Crippen LogP contribution in [0.15, 0.2) is 66.7 Å². The van der Waals surface area contributed by atoms with Gasteiger partial charge in [0.2, 0.25) is 0 Å². The lowest BCUT2D eigenvalue weighted by atomic mass is 10.0. The van der Waals surface area contributed by atoms with E-state index < -0.39 is 5.97 Å². The first kappa shape index (κ1) is 19.5. The van der Waals surface area contributed by atoms with E-state index >= 15 is 0 Å². The van der Waals surface area contributed by atoms with Gasteiger partial charge >= 0.3 is 5.97 Å². The summed E-state index contributed by atoms with van der Waals surface area (Å²) in [6.45, 7) is 4.61. The minimum Gasteiger partial charge on any atom is -0.497 e. The van der Waals surface area contributed by atoms with Crippen LogP contribution < -0.4 is 9.47 Å². The minimum atomic E-state index is -1.02. The molecular weight excluding hydrogens is 352 g/mol. The average molecular weight is 376 g/mol. The maximum atomic E-state index is 11.8. The summed E-state index contributed by atoms with van der Waals surface area (Å²) >= 11 is 0. The molecule has 0 amide bonds. The van der Waals surface area contributed by atoms with Crippen LogP contribution in [0.4, 0.5) is 0 Å². The van der Waals surface area contributed by atoms with E-state index in [0.29, 0.717) is 18.3 Å². The molecule has 0 aromatic heterocycles. The Morgan fingerprint density at radius 1 is 0.964 bits per heavy atom. The maximum Gasteiger partial charge on any atom is 0.339 e. The van der Waals surface area contributed by atoms with Crippen molar-refractivity contribution in [3.63, 3.8) is 0 Å². The molecule has 0 saturated carbocycles. The van der Waals surface area contributed by atoms with Gasteiger partial charge in [-0.1, -0.05) is 56.3 Å². The molecule has 1 N–H and O–H groups in total. The molecule has 0 radical (unpaired) electrons. The first-order valence-electron chi connectivity index (χ1n) is 9.21. The number of carboxylic acids is 1. The predicted octanol–water partition coefficient (Wildman–Crippen LogP) is 5.76. The monoisotopic (exact) mass is 376 g/mol. The highest BCUT2D eigenvalue weighted by atomic mass is 16.5. The van der Waals surface area contributed by atoms with Crippen molar-refractivity contribution >= 4 is 5.97 Å². The van der Waals surface area contributed by atoms with Crippen molar-refractivity contribution in [3.05, 3.63) is 83.4 Å². The van der Waals surface area contributed by atoms with Crippen molar-refractivity contribution in [1.82, 2.24) is 0 Å². The van der Waals surface area contributed by atoms with Gasteiger partial charge in [-0.15, -0.1) is 0 Å². The van der Waals surface area contributed by atoms with Gasteiger partial charge < -0.3 is 14.6 Å². The largest absolute Gasteiger partial charge is 0.497 e. The fourth-order valence-electron chi connectivity index (χ4n) is 2.97. The molecule has 0 aliphatic rings. The zero-order valence-corrected chi connectivity index (χ0v) is 16.3. The predicted molar refractivity (Wildman–Crippen MR) is 110 cm³/mol. The van der Waals surface area contributed by atoms with Crippen LogP contribution in [0.25, 0.3) is 11.1 Å². The van der Waals surface area contributed by atoms with Crippen LogP contribution in [0.3, 0.4) is 0 Å². The summed E-state index contributed by atoms with van der Waals surface area (Å²) in [6.07, 6.45) is 0. The Hall–Kier alpha value is -3.27. The van der Waals surface area contributed by atoms with Gasteiger partial charge in [0.15, 0.2) is 0 Å². The molecule has 0 atom stereocenters. The number of carbonyl (C=O) groups is 1. The topological polar surface area (TPSA) is 55.8 Å². The number of methoxy groups -OCH3 is 1. The fourth-order valence-corrected chi connectivity index (χ4v) is 2.97. The third-order valence-corrected chi connectivity index (χ3v) is 4.65. The Kier molecular flexibility index (Phi) is 5.99. The third kappa shape index (κ3) is 4.52. The fraction of sp³-hybridized carbons (Fsp3) is 0.208. The molecule has 0 fully saturated rings. The summed E-state index contributed by atoms with van der Waals surface area (Å²) in [5, 5.41) is 9.63. The molecule has 0 aliphatic heterocycles. The number of rotatable bonds is 7. The van der Waals surface area contributed by atoms with Gasteiger partial charge in [0, 0.05) is 0 Å². The van der Waals surface area contributed by atoms with E-state index in [-0.39, 0.29) is 5.56 Å². The average Bonchev–Trinajstić information content (AvgIpc) is 2.72. The van der Waals surface area contributed by atoms with Gasteiger partial charge in [0.25, 0.3) is 0 Å². The summed E-state index contributed by atoms with van der Waals surface area (Å²) < 4.78 is 11.1. The highest BCUT2D eigenvalue weighted by Gasteiger charge is 2.14. The Morgan fingerprint density at radius 3 is 2.32 bits per heavy atom. The van der Waals surface area contributed by atoms with Crippen LogP contribution >= 0.6 is 0 Å². The summed E-state index contributed by atoms with van der Waals surface area (Å²) in [6, 6.07) is 20.9. The molecule has 0 bridgehead atoms. The number of benzene rings is 3. The second-order valence-corrected chi connectivity index (χ2v) is 6.93. The molecule has 3 aromatic carbocycles. The highest BCUT2D eigenvalue weighted by molar-refractivity contribution is 5.92. The summed E-state index contributed by atoms with van der Waals surface area (Å²) in [7, 11) is 1.60. The number of ether oxygens (including phenoxy) is 2. The number of hydrogen-bond acceptors (Lipinski definition) is 3. The molecule has 0 aliphatic carbocycles. The third-order valence-electron chi connectivity index (χ3n) is 4.65. The lowest BCUT2D eigenvalue weighted by Crippen LogP contribution is -2.04. The quantitative estimate of drug-likeness (QED) is 0.569. The Balaban J connectivity index is 1.82. The standard InChI is InChI=1S/C24H24O4/c1-16(2)18-9-7-17(8-10-18)15-28-23-12-11-20(14-22(23)24(25)26)19-5-4-6-21(13-19)27-3/h4-14,16H,15H2,1-3H3,(H,25,26). The van der Waals surface area contributed by atoms with Crippen LogP contribution in [-0.4, -0.2) is 18.2 Å². The molecule has 3 rings (SSSR count). The smallest absolute Gasteiger partial charge is 0.339 e. The Morgan fingerprint density at radius 2 is 1.68 bits per heavy atom. The zero-order valence-electron chi connectivity index (χ0n) is 16.3. The minimum absolute atomic E-state index is 0.138. The van der Waals surface area contributed by atoms with Crippen LogP contribution in [0, 0.1) is 0 Å². The van der Waals surface area contributed by atoms with Crippen molar-refractivity contribution in [2.24, 2.45) is 0 Å². The van der Waals surface area contributed by atoms with E-state index in [1.807, 2.05) is 42.5 Å². The summed E-state index contributed by atoms with van der Waals surface area (Å²) in [5.74, 6) is 0.527. The van der Waals surface area contributed by atoms with Crippen LogP contribution in [-0.2, 0) is 6.61 Å². The molecular formula is C24H24O4. The molecule has 0 spiro atoms. The molecule has 0 heterocycles. The molecule has 0 saturated heterocycles. The van der Waals surface area contributed by atoms with Crippen LogP contribution in [0.1, 0.15) is 41.3 Å². The van der Waals surface area contributed by atoms with E-state index in [2.05, 4.69) is 26.0 Å². The zero-order chi connectivity index (χ0) is 20.1. The van der Waals surface area contributed by atoms with E-state index in [1.165, 1.54) is 5.56 Å². The van der Waals surface area contributed by atoms with Gasteiger partial charge in [-0.05, 0) is 52.4 Å². The van der Waals surface area contributed by atoms with Gasteiger partial charge in [-0.25, -0.2) is 4.79 Å². The van der Waals surface area contributed by atoms with E-state index in [1.54, 1.807) is 19.2 Å². The molecule has 4 nitrogen and oxygen atoms in total. The number of aromatic carboxylic acids is 1. The first-order valence-corrected chi connectivity index (χ1v) is 9.21. The Bertz CT molecular complexity index is 959. The van der Waals surface area contributed by atoms with E-state index in [9.17, 15) is 9.90 Å². The van der Waals surface area contributed by atoms with E-state index in [0.717, 1.165) is 22.4 Å². The number of hydrogen-bond donors (Lipinski definition) is 1. The lowest BCUT2D eigenvalue weighted by molar-refractivity contribution is 0.0692. The molecule has 144 valence electrons. The van der Waals surface area contributed by atoms with Crippen LogP contribution in [0.5, 0.6) is 11.5 Å². The van der Waals surface area contributed by atoms with Crippen molar-refractivity contribution < 1.29 is 19.4 Å². The SMILES string of the molecule is COc1cccc(-c2ccc(OCc3ccc(C(C)C)cc3)c(C(=O)O)c2)c1. The molecule has 0 unspecified atom stereocenters. The second-order valence-electron chi connectivity index (χ2n) is 6.93. The van der Waals surface area contributed by atoms with Gasteiger partial charge in [-0.3, -0.25) is 0 Å². The van der Waals surface area contributed by atoms with Crippen molar-refractivity contribution in [2.75, 3.05) is 7.11 Å². The molecule has 4 heteroatoms. The molecule has 3 aromatic rings. The normalized spacial score (nSPS) is 10.7. The van der Waals surface area contributed by atoms with Gasteiger partial charge in [0.05, 0.1) is 7.11 Å². The lowest BCUT2D eigenvalue weighted by Gasteiger charge is -2.12. The highest BCUT2D eigenvalue weighted by Crippen LogP contribution is 2.29. The van der Waals surface area contributed by atoms with Crippen molar-refractivity contribution in [3.8, 4) is 22.6 Å². The Labute approximate surface area is 165 Å². The number of carboxylic acid groups (broad SMARTS) is 1. The summed E-state index contributed by atoms with van der Waals surface area (Å²) in [5.41, 5.74) is 4.08. The van der Waals surface area contributed by atoms with Crippen molar-refractivity contribution in [2.45, 2.75) is 26.4 Å². The van der Waals surface area contributed by atoms with E-state index in [4.69, 9.17) is 9.47 Å². The maximum absolute atomic E-state index is 11.8. The second kappa shape index (κ2) is 8.61. The summed E-state index contributed by atoms with van der Waals surface area (Å²) in [4.78, 5) is 11.8. The first-order chi connectivity index (χ1) is 13.5. The molecule has 28 heavy (non-hydrogen) atoms. The van der Waals surface area contributed by atoms with Gasteiger partial charge in [0.1, 0.15) is 23.7 Å². The van der Waals surface area contributed by atoms with Gasteiger partial charge in [-0.2, -0.15) is 0 Å². The van der Waals surface area contributed by atoms with Crippen LogP contribution in [0.2, 0.25) is 0 Å².